The van der Waals surface area contributed by atoms with Crippen molar-refractivity contribution in [2.45, 2.75) is 0 Å². The first-order valence-corrected chi connectivity index (χ1v) is 8.46. The number of halogens is 1. The lowest BCUT2D eigenvalue weighted by Gasteiger charge is -1.98. The van der Waals surface area contributed by atoms with Crippen molar-refractivity contribution in [3.63, 3.8) is 0 Å². The second-order valence-electron chi connectivity index (χ2n) is 5.15. The van der Waals surface area contributed by atoms with E-state index in [0.717, 1.165) is 16.6 Å². The zero-order chi connectivity index (χ0) is 16.5. The van der Waals surface area contributed by atoms with Crippen LogP contribution in [0.15, 0.2) is 64.4 Å². The average Bonchev–Trinajstić information content (AvgIpc) is 3.22. The molecule has 0 aliphatic rings. The zero-order valence-electron chi connectivity index (χ0n) is 12.3. The van der Waals surface area contributed by atoms with Crippen molar-refractivity contribution in [1.29, 1.82) is 0 Å². The van der Waals surface area contributed by atoms with Crippen LogP contribution in [-0.2, 0) is 0 Å². The third kappa shape index (κ3) is 2.91. The van der Waals surface area contributed by atoms with Gasteiger partial charge < -0.3 is 4.42 Å². The molecule has 6 heteroatoms. The van der Waals surface area contributed by atoms with Crippen molar-refractivity contribution < 1.29 is 9.21 Å². The van der Waals surface area contributed by atoms with Crippen LogP contribution in [0.25, 0.3) is 22.2 Å². The number of nitrogens with zero attached hydrogens (tertiary/aromatic N) is 1. The predicted molar refractivity (Wildman–Crippen MR) is 96.7 cm³/mol. The van der Waals surface area contributed by atoms with Crippen LogP contribution in [0.4, 0.5) is 5.13 Å². The van der Waals surface area contributed by atoms with E-state index in [1.807, 2.05) is 53.9 Å². The Morgan fingerprint density at radius 2 is 1.92 bits per heavy atom. The lowest BCUT2D eigenvalue weighted by molar-refractivity contribution is 0.0998. The average molecular weight is 355 g/mol. The van der Waals surface area contributed by atoms with Crippen molar-refractivity contribution >= 4 is 44.9 Å². The number of aromatic nitrogens is 1. The first-order chi connectivity index (χ1) is 11.7. The van der Waals surface area contributed by atoms with Crippen molar-refractivity contribution in [3.05, 3.63) is 70.8 Å². The molecule has 2 heterocycles. The Morgan fingerprint density at radius 1 is 1.12 bits per heavy atom. The van der Waals surface area contributed by atoms with Crippen LogP contribution in [0.5, 0.6) is 0 Å². The molecule has 24 heavy (non-hydrogen) atoms. The molecule has 0 spiro atoms. The fraction of sp³-hybridized carbons (Fsp3) is 0. The van der Waals surface area contributed by atoms with Gasteiger partial charge in [-0.05, 0) is 24.3 Å². The number of thiazole rings is 1. The van der Waals surface area contributed by atoms with E-state index in [1.54, 1.807) is 6.07 Å². The first-order valence-electron chi connectivity index (χ1n) is 7.20. The smallest absolute Gasteiger partial charge is 0.293 e. The van der Waals surface area contributed by atoms with Gasteiger partial charge in [0, 0.05) is 21.4 Å². The standard InChI is InChI=1S/C18H11ClN2O2S/c19-13-7-5-11(6-8-13)14-10-24-18(20-14)21-17(22)16-9-12-3-1-2-4-15(12)23-16/h1-10H,(H,20,21,22). The molecule has 0 radical (unpaired) electrons. The molecule has 118 valence electrons. The monoisotopic (exact) mass is 354 g/mol. The summed E-state index contributed by atoms with van der Waals surface area (Å²) in [6.45, 7) is 0. The summed E-state index contributed by atoms with van der Waals surface area (Å²) in [6.07, 6.45) is 0. The quantitative estimate of drug-likeness (QED) is 0.531. The number of carbonyl (C=O) groups excluding carboxylic acids is 1. The highest BCUT2D eigenvalue weighted by atomic mass is 35.5. The second kappa shape index (κ2) is 6.11. The highest BCUT2D eigenvalue weighted by molar-refractivity contribution is 7.14. The van der Waals surface area contributed by atoms with E-state index in [-0.39, 0.29) is 11.7 Å². The number of hydrogen-bond acceptors (Lipinski definition) is 4. The van der Waals surface area contributed by atoms with Gasteiger partial charge in [0.2, 0.25) is 0 Å². The van der Waals surface area contributed by atoms with Crippen molar-refractivity contribution in [3.8, 4) is 11.3 Å². The number of hydrogen-bond donors (Lipinski definition) is 1. The number of rotatable bonds is 3. The Hall–Kier alpha value is -2.63. The van der Waals surface area contributed by atoms with Gasteiger partial charge in [0.25, 0.3) is 5.91 Å². The zero-order valence-corrected chi connectivity index (χ0v) is 13.9. The molecule has 4 aromatic rings. The fourth-order valence-electron chi connectivity index (χ4n) is 2.34. The normalized spacial score (nSPS) is 10.9. The molecule has 4 rings (SSSR count). The van der Waals surface area contributed by atoms with Gasteiger partial charge in [-0.3, -0.25) is 10.1 Å². The van der Waals surface area contributed by atoms with Gasteiger partial charge in [0.1, 0.15) is 5.58 Å². The number of carbonyl (C=O) groups is 1. The SMILES string of the molecule is O=C(Nc1nc(-c2ccc(Cl)cc2)cs1)c1cc2ccccc2o1. The van der Waals surface area contributed by atoms with Gasteiger partial charge >= 0.3 is 0 Å². The Labute approximate surface area is 146 Å². The maximum Gasteiger partial charge on any atom is 0.293 e. The second-order valence-corrected chi connectivity index (χ2v) is 6.44. The van der Waals surface area contributed by atoms with Crippen LogP contribution in [-0.4, -0.2) is 10.9 Å². The van der Waals surface area contributed by atoms with Gasteiger partial charge in [-0.15, -0.1) is 11.3 Å². The topological polar surface area (TPSA) is 55.1 Å². The molecule has 1 amide bonds. The van der Waals surface area contributed by atoms with E-state index in [9.17, 15) is 4.79 Å². The van der Waals surface area contributed by atoms with Crippen LogP contribution < -0.4 is 5.32 Å². The van der Waals surface area contributed by atoms with E-state index >= 15 is 0 Å². The summed E-state index contributed by atoms with van der Waals surface area (Å²) >= 11 is 7.25. The molecule has 0 unspecified atom stereocenters. The maximum atomic E-state index is 12.3. The van der Waals surface area contributed by atoms with E-state index in [1.165, 1.54) is 11.3 Å². The van der Waals surface area contributed by atoms with Gasteiger partial charge in [0.15, 0.2) is 10.9 Å². The van der Waals surface area contributed by atoms with Crippen LogP contribution in [0.1, 0.15) is 10.6 Å². The molecule has 0 saturated carbocycles. The Balaban J connectivity index is 1.54. The predicted octanol–water partition coefficient (Wildman–Crippen LogP) is 5.46. The minimum absolute atomic E-state index is 0.263. The summed E-state index contributed by atoms with van der Waals surface area (Å²) in [4.78, 5) is 16.7. The van der Waals surface area contributed by atoms with Gasteiger partial charge in [0.05, 0.1) is 5.69 Å². The summed E-state index contributed by atoms with van der Waals surface area (Å²) in [6, 6.07) is 16.6. The van der Waals surface area contributed by atoms with E-state index < -0.39 is 0 Å². The summed E-state index contributed by atoms with van der Waals surface area (Å²) in [5.74, 6) is -0.0531. The van der Waals surface area contributed by atoms with Gasteiger partial charge in [-0.2, -0.15) is 0 Å². The van der Waals surface area contributed by atoms with Gasteiger partial charge in [-0.1, -0.05) is 41.9 Å². The number of amides is 1. The molecule has 1 N–H and O–H groups in total. The highest BCUT2D eigenvalue weighted by Gasteiger charge is 2.14. The van der Waals surface area contributed by atoms with Crippen LogP contribution >= 0.6 is 22.9 Å². The summed E-state index contributed by atoms with van der Waals surface area (Å²) in [7, 11) is 0. The Kier molecular flexibility index (Phi) is 3.80. The molecule has 4 nitrogen and oxygen atoms in total. The van der Waals surface area contributed by atoms with Crippen molar-refractivity contribution in [2.75, 3.05) is 5.32 Å². The molecule has 0 saturated heterocycles. The first kappa shape index (κ1) is 14.9. The van der Waals surface area contributed by atoms with Crippen molar-refractivity contribution in [1.82, 2.24) is 4.98 Å². The molecule has 0 atom stereocenters. The molecule has 2 aromatic heterocycles. The Morgan fingerprint density at radius 3 is 2.71 bits per heavy atom. The van der Waals surface area contributed by atoms with Crippen molar-refractivity contribution in [2.24, 2.45) is 0 Å². The fourth-order valence-corrected chi connectivity index (χ4v) is 3.18. The molecular formula is C18H11ClN2O2S. The maximum absolute atomic E-state index is 12.3. The lowest BCUT2D eigenvalue weighted by Crippen LogP contribution is -2.10. The van der Waals surface area contributed by atoms with Gasteiger partial charge in [-0.25, -0.2) is 4.98 Å². The molecule has 2 aromatic carbocycles. The number of furan rings is 1. The number of para-hydroxylation sites is 1. The lowest BCUT2D eigenvalue weighted by atomic mass is 10.2. The Bertz CT molecular complexity index is 988. The summed E-state index contributed by atoms with van der Waals surface area (Å²) in [5, 5.41) is 6.74. The highest BCUT2D eigenvalue weighted by Crippen LogP contribution is 2.27. The van der Waals surface area contributed by atoms with E-state index in [0.29, 0.717) is 15.7 Å². The van der Waals surface area contributed by atoms with E-state index in [4.69, 9.17) is 16.0 Å². The van der Waals surface area contributed by atoms with Crippen LogP contribution in [0.2, 0.25) is 5.02 Å². The summed E-state index contributed by atoms with van der Waals surface area (Å²) < 4.78 is 5.56. The minimum Gasteiger partial charge on any atom is -0.451 e. The molecule has 0 bridgehead atoms. The number of nitrogens with one attached hydrogen (secondary N) is 1. The number of benzene rings is 2. The number of fused-ring (bicyclic) bond motifs is 1. The summed E-state index contributed by atoms with van der Waals surface area (Å²) in [5.41, 5.74) is 2.42. The van der Waals surface area contributed by atoms with Crippen LogP contribution in [0.3, 0.4) is 0 Å². The van der Waals surface area contributed by atoms with E-state index in [2.05, 4.69) is 10.3 Å². The molecular weight excluding hydrogens is 344 g/mol. The minimum atomic E-state index is -0.316. The van der Waals surface area contributed by atoms with Crippen LogP contribution in [0, 0.1) is 0 Å². The third-order valence-corrected chi connectivity index (χ3v) is 4.52. The molecule has 0 fully saturated rings. The third-order valence-electron chi connectivity index (χ3n) is 3.51. The molecule has 0 aliphatic carbocycles. The number of anilines is 1. The largest absolute Gasteiger partial charge is 0.451 e. The molecule has 0 aliphatic heterocycles.